The minimum absolute atomic E-state index is 0.109. The quantitative estimate of drug-likeness (QED) is 0.498. The van der Waals surface area contributed by atoms with E-state index in [4.69, 9.17) is 4.74 Å². The van der Waals surface area contributed by atoms with Crippen molar-refractivity contribution in [3.63, 3.8) is 0 Å². The molecule has 1 aliphatic rings. The maximum absolute atomic E-state index is 13.3. The molecule has 1 N–H and O–H groups in total. The number of thiophene rings is 1. The first kappa shape index (κ1) is 23.7. The Labute approximate surface area is 202 Å². The highest BCUT2D eigenvalue weighted by Gasteiger charge is 2.23. The van der Waals surface area contributed by atoms with Gasteiger partial charge in [0.15, 0.2) is 0 Å². The van der Waals surface area contributed by atoms with Crippen molar-refractivity contribution in [1.82, 2.24) is 4.90 Å². The fraction of sp³-hybridized carbons (Fsp3) is 0.269. The van der Waals surface area contributed by atoms with Crippen LogP contribution in [0.2, 0.25) is 0 Å². The molecule has 2 aromatic carbocycles. The zero-order chi connectivity index (χ0) is 23.9. The summed E-state index contributed by atoms with van der Waals surface area (Å²) in [5, 5.41) is 4.69. The third-order valence-corrected chi connectivity index (χ3v) is 6.55. The van der Waals surface area contributed by atoms with Crippen LogP contribution in [0.5, 0.6) is 0 Å². The van der Waals surface area contributed by atoms with E-state index >= 15 is 0 Å². The Morgan fingerprint density at radius 3 is 2.32 bits per heavy atom. The van der Waals surface area contributed by atoms with E-state index in [0.29, 0.717) is 41.4 Å². The summed E-state index contributed by atoms with van der Waals surface area (Å²) in [5.74, 6) is -0.836. The molecule has 0 spiro atoms. The van der Waals surface area contributed by atoms with Crippen LogP contribution in [0.15, 0.2) is 66.0 Å². The van der Waals surface area contributed by atoms with E-state index in [1.807, 2.05) is 36.6 Å². The second-order valence-corrected chi connectivity index (χ2v) is 8.81. The summed E-state index contributed by atoms with van der Waals surface area (Å²) in [7, 11) is 0. The highest BCUT2D eigenvalue weighted by Crippen LogP contribution is 2.21. The molecule has 1 saturated heterocycles. The normalized spacial score (nSPS) is 13.4. The number of benzene rings is 2. The van der Waals surface area contributed by atoms with Crippen LogP contribution < -0.4 is 10.2 Å². The number of nitrogens with zero attached hydrogens (tertiary/aromatic N) is 2. The van der Waals surface area contributed by atoms with Crippen molar-refractivity contribution >= 4 is 40.3 Å². The molecule has 0 unspecified atom stereocenters. The predicted octanol–water partition coefficient (Wildman–Crippen LogP) is 3.92. The van der Waals surface area contributed by atoms with Gasteiger partial charge in [0, 0.05) is 36.6 Å². The smallest absolute Gasteiger partial charge is 0.255 e. The number of likely N-dealkylation sites (N-methyl/N-ethyl adjacent to an activating group) is 1. The van der Waals surface area contributed by atoms with Crippen molar-refractivity contribution in [3.8, 4) is 0 Å². The average Bonchev–Trinajstić information content (AvgIpc) is 3.42. The van der Waals surface area contributed by atoms with Crippen LogP contribution >= 0.6 is 11.3 Å². The second-order valence-electron chi connectivity index (χ2n) is 7.87. The Hall–Kier alpha value is -3.49. The maximum Gasteiger partial charge on any atom is 0.255 e. The number of anilines is 2. The van der Waals surface area contributed by atoms with Crippen LogP contribution in [0.4, 0.5) is 11.4 Å². The van der Waals surface area contributed by atoms with Crippen LogP contribution in [0.25, 0.3) is 0 Å². The molecule has 4 rings (SSSR count). The Kier molecular flexibility index (Phi) is 7.72. The van der Waals surface area contributed by atoms with E-state index in [1.54, 1.807) is 36.4 Å². The maximum atomic E-state index is 13.3. The lowest BCUT2D eigenvalue weighted by Crippen LogP contribution is -2.38. The van der Waals surface area contributed by atoms with E-state index in [-0.39, 0.29) is 24.1 Å². The van der Waals surface area contributed by atoms with Crippen molar-refractivity contribution < 1.29 is 19.1 Å². The van der Waals surface area contributed by atoms with Gasteiger partial charge in [0.25, 0.3) is 5.91 Å². The predicted molar refractivity (Wildman–Crippen MR) is 134 cm³/mol. The molecule has 0 radical (unpaired) electrons. The molecule has 8 heteroatoms. The number of amides is 2. The minimum atomic E-state index is -0.346. The van der Waals surface area contributed by atoms with Gasteiger partial charge in [0.2, 0.25) is 11.7 Å². The van der Waals surface area contributed by atoms with Crippen LogP contribution in [-0.2, 0) is 9.53 Å². The van der Waals surface area contributed by atoms with Gasteiger partial charge in [-0.15, -0.1) is 11.3 Å². The topological polar surface area (TPSA) is 79.0 Å². The van der Waals surface area contributed by atoms with Crippen molar-refractivity contribution in [2.75, 3.05) is 49.6 Å². The van der Waals surface area contributed by atoms with Gasteiger partial charge in [0.05, 0.1) is 23.7 Å². The van der Waals surface area contributed by atoms with E-state index in [1.165, 1.54) is 16.2 Å². The summed E-state index contributed by atoms with van der Waals surface area (Å²) in [5.41, 5.74) is 2.38. The molecule has 1 aliphatic heterocycles. The van der Waals surface area contributed by atoms with Crippen LogP contribution in [-0.4, -0.2) is 61.9 Å². The van der Waals surface area contributed by atoms with Gasteiger partial charge in [-0.05, 0) is 48.7 Å². The van der Waals surface area contributed by atoms with E-state index < -0.39 is 0 Å². The summed E-state index contributed by atoms with van der Waals surface area (Å²) >= 11 is 1.33. The number of rotatable bonds is 8. The molecule has 0 saturated carbocycles. The number of hydrogen-bond acceptors (Lipinski definition) is 6. The highest BCUT2D eigenvalue weighted by molar-refractivity contribution is 7.12. The Morgan fingerprint density at radius 1 is 0.971 bits per heavy atom. The summed E-state index contributed by atoms with van der Waals surface area (Å²) in [6.07, 6.45) is 0. The van der Waals surface area contributed by atoms with E-state index in [0.717, 1.165) is 18.8 Å². The van der Waals surface area contributed by atoms with Gasteiger partial charge in [-0.25, -0.2) is 0 Å². The number of hydrogen-bond donors (Lipinski definition) is 1. The van der Waals surface area contributed by atoms with Crippen LogP contribution in [0.1, 0.15) is 32.5 Å². The average molecular weight is 478 g/mol. The monoisotopic (exact) mass is 477 g/mol. The number of morpholine rings is 1. The molecule has 34 heavy (non-hydrogen) atoms. The van der Waals surface area contributed by atoms with Crippen molar-refractivity contribution in [3.05, 3.63) is 82.0 Å². The second kappa shape index (κ2) is 11.1. The van der Waals surface area contributed by atoms with Gasteiger partial charge in [0.1, 0.15) is 6.54 Å². The van der Waals surface area contributed by atoms with Gasteiger partial charge in [-0.2, -0.15) is 0 Å². The molecule has 3 aromatic rings. The number of carbonyl (C=O) groups is 3. The van der Waals surface area contributed by atoms with Crippen molar-refractivity contribution in [2.45, 2.75) is 6.92 Å². The Balaban J connectivity index is 1.42. The molecule has 0 aliphatic carbocycles. The number of ether oxygens (including phenoxy) is 1. The molecular weight excluding hydrogens is 450 g/mol. The highest BCUT2D eigenvalue weighted by atomic mass is 32.1. The number of ketones is 1. The molecule has 0 bridgehead atoms. The van der Waals surface area contributed by atoms with Gasteiger partial charge in [-0.3, -0.25) is 14.4 Å². The summed E-state index contributed by atoms with van der Waals surface area (Å²) in [6, 6.07) is 17.9. The lowest BCUT2D eigenvalue weighted by atomic mass is 10.0. The van der Waals surface area contributed by atoms with Crippen LogP contribution in [0.3, 0.4) is 0 Å². The molecule has 1 aromatic heterocycles. The van der Waals surface area contributed by atoms with Gasteiger partial charge >= 0.3 is 0 Å². The fourth-order valence-corrected chi connectivity index (χ4v) is 4.53. The first-order valence-electron chi connectivity index (χ1n) is 11.3. The summed E-state index contributed by atoms with van der Waals surface area (Å²) in [4.78, 5) is 43.1. The zero-order valence-corrected chi connectivity index (χ0v) is 19.8. The molecule has 176 valence electrons. The Morgan fingerprint density at radius 2 is 1.68 bits per heavy atom. The lowest BCUT2D eigenvalue weighted by molar-refractivity contribution is -0.116. The third-order valence-electron chi connectivity index (χ3n) is 5.68. The van der Waals surface area contributed by atoms with Crippen molar-refractivity contribution in [2.24, 2.45) is 0 Å². The molecule has 0 atom stereocenters. The molecule has 1 fully saturated rings. The van der Waals surface area contributed by atoms with E-state index in [9.17, 15) is 14.4 Å². The number of nitrogens with one attached hydrogen (secondary N) is 1. The van der Waals surface area contributed by atoms with E-state index in [2.05, 4.69) is 10.2 Å². The lowest BCUT2D eigenvalue weighted by Gasteiger charge is -2.29. The van der Waals surface area contributed by atoms with Crippen molar-refractivity contribution in [1.29, 1.82) is 0 Å². The molecule has 2 heterocycles. The Bertz CT molecular complexity index is 1140. The third kappa shape index (κ3) is 5.52. The minimum Gasteiger partial charge on any atom is -0.378 e. The first-order valence-corrected chi connectivity index (χ1v) is 12.1. The SMILES string of the molecule is CCN(CC(=O)Nc1ccc(N2CCOCC2)cc1)C(=O)c1ccccc1C(=O)c1cccs1. The largest absolute Gasteiger partial charge is 0.378 e. The summed E-state index contributed by atoms with van der Waals surface area (Å²) < 4.78 is 5.39. The molecule has 2 amide bonds. The van der Waals surface area contributed by atoms with Gasteiger partial charge < -0.3 is 19.9 Å². The summed E-state index contributed by atoms with van der Waals surface area (Å²) in [6.45, 7) is 5.14. The fourth-order valence-electron chi connectivity index (χ4n) is 3.86. The number of carbonyl (C=O) groups excluding carboxylic acids is 3. The molecular formula is C26H27N3O4S. The zero-order valence-electron chi connectivity index (χ0n) is 19.0. The van der Waals surface area contributed by atoms with Crippen LogP contribution in [0, 0.1) is 0 Å². The first-order chi connectivity index (χ1) is 16.6. The standard InChI is InChI=1S/C26H27N3O4S/c1-2-28(26(32)22-7-4-3-6-21(22)25(31)23-8-5-17-34-23)18-24(30)27-19-9-11-20(12-10-19)29-13-15-33-16-14-29/h3-12,17H,2,13-16,18H2,1H3,(H,27,30). The van der Waals surface area contributed by atoms with Gasteiger partial charge in [-0.1, -0.05) is 24.3 Å². The molecule has 7 nitrogen and oxygen atoms in total.